The lowest BCUT2D eigenvalue weighted by molar-refractivity contribution is -0.123. The number of carbonyl (C=O) groups excluding carboxylic acids is 2. The Balaban J connectivity index is 1.94. The monoisotopic (exact) mass is 566 g/mol. The molecule has 0 N–H and O–H groups in total. The van der Waals surface area contributed by atoms with Crippen LogP contribution in [0.25, 0.3) is 0 Å². The molecule has 0 unspecified atom stereocenters. The Morgan fingerprint density at radius 3 is 2.51 bits per heavy atom. The first-order valence-corrected chi connectivity index (χ1v) is 17.3. The number of ether oxygens (including phenoxy) is 3. The molecule has 0 bridgehead atoms. The van der Waals surface area contributed by atoms with Gasteiger partial charge >= 0.3 is 0 Å². The first-order valence-electron chi connectivity index (χ1n) is 12.5. The van der Waals surface area contributed by atoms with Crippen LogP contribution in [0.1, 0.15) is 49.4 Å². The summed E-state index contributed by atoms with van der Waals surface area (Å²) >= 11 is 3.45. The average Bonchev–Trinajstić information content (AvgIpc) is 3.24. The number of nitrogens with zero attached hydrogens (tertiary/aromatic N) is 2. The average molecular weight is 568 g/mol. The van der Waals surface area contributed by atoms with Crippen molar-refractivity contribution in [1.82, 2.24) is 4.90 Å². The number of fused-ring (bicyclic) bond motifs is 2. The summed E-state index contributed by atoms with van der Waals surface area (Å²) in [6, 6.07) is 3.92. The number of carbonyl (C=O) groups is 2. The molecule has 0 radical (unpaired) electrons. The Kier molecular flexibility index (Phi) is 9.83. The third kappa shape index (κ3) is 6.89. The lowest BCUT2D eigenvalue weighted by Crippen LogP contribution is -2.45. The van der Waals surface area contributed by atoms with Crippen LogP contribution in [0.5, 0.6) is 11.5 Å². The van der Waals surface area contributed by atoms with E-state index >= 15 is 0 Å². The van der Waals surface area contributed by atoms with Crippen LogP contribution < -0.4 is 14.4 Å². The van der Waals surface area contributed by atoms with Crippen molar-refractivity contribution >= 4 is 41.5 Å². The number of unbranched alkanes of at least 4 members (excludes halogenated alkanes) is 2. The Labute approximate surface area is 218 Å². The van der Waals surface area contributed by atoms with Crippen molar-refractivity contribution < 1.29 is 23.8 Å². The van der Waals surface area contributed by atoms with Gasteiger partial charge in [0, 0.05) is 32.3 Å². The standard InChI is InChI=1S/C26H39BrN2O5Si/c1-6-19-14-22-26(31)29(18-33-12-13-35(3,4)5)21-16-24(34-11-9-7-8-10-27)23(32-2)15-20(21)25(30)28(22)17-19/h15-17,22H,6-14,18H2,1-5H3/t22-/m0/s1. The second-order valence-corrected chi connectivity index (χ2v) is 16.7. The molecule has 2 aliphatic rings. The summed E-state index contributed by atoms with van der Waals surface area (Å²) in [4.78, 5) is 30.5. The Bertz CT molecular complexity index is 946. The van der Waals surface area contributed by atoms with Crippen LogP contribution in [-0.4, -0.2) is 63.2 Å². The van der Waals surface area contributed by atoms with Crippen LogP contribution >= 0.6 is 15.9 Å². The largest absolute Gasteiger partial charge is 0.493 e. The number of rotatable bonds is 13. The van der Waals surface area contributed by atoms with Crippen molar-refractivity contribution in [3.05, 3.63) is 29.5 Å². The fourth-order valence-electron chi connectivity index (χ4n) is 4.20. The minimum Gasteiger partial charge on any atom is -0.493 e. The van der Waals surface area contributed by atoms with Crippen molar-refractivity contribution in [3.63, 3.8) is 0 Å². The fraction of sp³-hybridized carbons (Fsp3) is 0.615. The maximum Gasteiger partial charge on any atom is 0.260 e. The van der Waals surface area contributed by atoms with E-state index in [1.807, 2.05) is 13.1 Å². The predicted octanol–water partition coefficient (Wildman–Crippen LogP) is 5.81. The quantitative estimate of drug-likeness (QED) is 0.171. The number of halogens is 1. The van der Waals surface area contributed by atoms with Gasteiger partial charge in [0.05, 0.1) is 25.0 Å². The first kappa shape index (κ1) is 27.7. The molecule has 1 atom stereocenters. The molecule has 0 spiro atoms. The van der Waals surface area contributed by atoms with E-state index in [9.17, 15) is 9.59 Å². The normalized spacial score (nSPS) is 17.8. The lowest BCUT2D eigenvalue weighted by Gasteiger charge is -2.26. The summed E-state index contributed by atoms with van der Waals surface area (Å²) in [5.41, 5.74) is 2.03. The highest BCUT2D eigenvalue weighted by Gasteiger charge is 2.42. The van der Waals surface area contributed by atoms with Crippen molar-refractivity contribution in [2.24, 2.45) is 0 Å². The number of methoxy groups -OCH3 is 1. The SMILES string of the molecule is CCC1=CN2C(=O)c3cc(OC)c(OCCCCCBr)cc3N(COCC[Si](C)(C)C)C(=O)[C@@H]2C1. The van der Waals surface area contributed by atoms with Gasteiger partial charge in [-0.2, -0.15) is 0 Å². The van der Waals surface area contributed by atoms with Gasteiger partial charge in [0.15, 0.2) is 11.5 Å². The van der Waals surface area contributed by atoms with Crippen LogP contribution in [0.2, 0.25) is 25.7 Å². The molecule has 7 nitrogen and oxygen atoms in total. The minimum atomic E-state index is -1.27. The molecule has 2 amide bonds. The molecule has 2 heterocycles. The molecule has 9 heteroatoms. The molecule has 35 heavy (non-hydrogen) atoms. The lowest BCUT2D eigenvalue weighted by atomic mass is 10.1. The Hall–Kier alpha value is -1.84. The zero-order valence-corrected chi connectivity index (χ0v) is 24.3. The molecule has 0 aliphatic carbocycles. The van der Waals surface area contributed by atoms with Gasteiger partial charge in [0.1, 0.15) is 12.8 Å². The van der Waals surface area contributed by atoms with Crippen molar-refractivity contribution in [3.8, 4) is 11.5 Å². The van der Waals surface area contributed by atoms with E-state index in [4.69, 9.17) is 14.2 Å². The molecule has 0 fully saturated rings. The van der Waals surface area contributed by atoms with E-state index in [1.165, 1.54) is 0 Å². The third-order valence-electron chi connectivity index (χ3n) is 6.41. The van der Waals surface area contributed by atoms with E-state index in [0.29, 0.717) is 42.4 Å². The molecular weight excluding hydrogens is 528 g/mol. The Morgan fingerprint density at radius 2 is 1.86 bits per heavy atom. The number of amides is 2. The van der Waals surface area contributed by atoms with E-state index in [2.05, 4.69) is 35.6 Å². The van der Waals surface area contributed by atoms with Crippen molar-refractivity contribution in [2.75, 3.05) is 37.3 Å². The zero-order valence-electron chi connectivity index (χ0n) is 21.7. The Morgan fingerprint density at radius 1 is 1.09 bits per heavy atom. The smallest absolute Gasteiger partial charge is 0.260 e. The molecule has 0 saturated carbocycles. The number of benzene rings is 1. The summed E-state index contributed by atoms with van der Waals surface area (Å²) < 4.78 is 17.6. The molecule has 3 rings (SSSR count). The summed E-state index contributed by atoms with van der Waals surface area (Å²) in [7, 11) is 0.292. The fourth-order valence-corrected chi connectivity index (χ4v) is 5.36. The van der Waals surface area contributed by atoms with Crippen molar-refractivity contribution in [1.29, 1.82) is 0 Å². The van der Waals surface area contributed by atoms with E-state index < -0.39 is 14.1 Å². The maximum atomic E-state index is 13.7. The highest BCUT2D eigenvalue weighted by atomic mass is 79.9. The maximum absolute atomic E-state index is 13.7. The second-order valence-electron chi connectivity index (χ2n) is 10.3. The summed E-state index contributed by atoms with van der Waals surface area (Å²) in [6.07, 6.45) is 6.24. The van der Waals surface area contributed by atoms with Gasteiger partial charge < -0.3 is 19.1 Å². The number of alkyl halides is 1. The molecule has 1 aromatic rings. The van der Waals surface area contributed by atoms with Gasteiger partial charge in [-0.3, -0.25) is 14.5 Å². The van der Waals surface area contributed by atoms with Crippen LogP contribution in [0, 0.1) is 0 Å². The predicted molar refractivity (Wildman–Crippen MR) is 146 cm³/mol. The van der Waals surface area contributed by atoms with Crippen molar-refractivity contribution in [2.45, 2.75) is 70.8 Å². The number of hydrogen-bond acceptors (Lipinski definition) is 5. The molecule has 194 valence electrons. The van der Waals surface area contributed by atoms with Gasteiger partial charge in [-0.05, 0) is 44.2 Å². The summed E-state index contributed by atoms with van der Waals surface area (Å²) in [5, 5.41) is 0.970. The van der Waals surface area contributed by atoms with E-state index in [0.717, 1.165) is 42.6 Å². The van der Waals surface area contributed by atoms with Crippen LogP contribution in [0.4, 0.5) is 5.69 Å². The van der Waals surface area contributed by atoms with Gasteiger partial charge in [0.25, 0.3) is 11.8 Å². The zero-order chi connectivity index (χ0) is 25.6. The molecule has 1 aromatic carbocycles. The number of hydrogen-bond donors (Lipinski definition) is 0. The molecule has 2 aliphatic heterocycles. The molecule has 0 aromatic heterocycles. The van der Waals surface area contributed by atoms with Crippen LogP contribution in [0.15, 0.2) is 23.9 Å². The highest BCUT2D eigenvalue weighted by Crippen LogP contribution is 2.40. The van der Waals surface area contributed by atoms with Gasteiger partial charge in [0.2, 0.25) is 0 Å². The summed E-state index contributed by atoms with van der Waals surface area (Å²) in [5.74, 6) is 0.693. The summed E-state index contributed by atoms with van der Waals surface area (Å²) in [6.45, 7) is 10.2. The van der Waals surface area contributed by atoms with Crippen LogP contribution in [-0.2, 0) is 9.53 Å². The van der Waals surface area contributed by atoms with E-state index in [-0.39, 0.29) is 18.5 Å². The topological polar surface area (TPSA) is 68.3 Å². The van der Waals surface area contributed by atoms with Gasteiger partial charge in [-0.25, -0.2) is 0 Å². The van der Waals surface area contributed by atoms with E-state index in [1.54, 1.807) is 29.0 Å². The molecule has 0 saturated heterocycles. The van der Waals surface area contributed by atoms with Crippen LogP contribution in [0.3, 0.4) is 0 Å². The van der Waals surface area contributed by atoms with Gasteiger partial charge in [-0.1, -0.05) is 48.1 Å². The second kappa shape index (κ2) is 12.4. The first-order chi connectivity index (χ1) is 16.7. The highest BCUT2D eigenvalue weighted by molar-refractivity contribution is 9.09. The minimum absolute atomic E-state index is 0.104. The van der Waals surface area contributed by atoms with Gasteiger partial charge in [-0.15, -0.1) is 0 Å². The third-order valence-corrected chi connectivity index (χ3v) is 8.67. The number of anilines is 1. The molecular formula is C26H39BrN2O5Si.